The van der Waals surface area contributed by atoms with Gasteiger partial charge in [0.15, 0.2) is 5.75 Å². The van der Waals surface area contributed by atoms with E-state index < -0.39 is 11.7 Å². The van der Waals surface area contributed by atoms with Gasteiger partial charge in [0, 0.05) is 4.47 Å². The zero-order valence-corrected chi connectivity index (χ0v) is 11.9. The Hall–Kier alpha value is -1.23. The van der Waals surface area contributed by atoms with Gasteiger partial charge in [0.2, 0.25) is 0 Å². The molecule has 4 nitrogen and oxygen atoms in total. The maximum Gasteiger partial charge on any atom is 0.443 e. The molecular weight excluding hydrogens is 286 g/mol. The van der Waals surface area contributed by atoms with E-state index in [0.29, 0.717) is 5.75 Å². The number of halogens is 1. The topological polar surface area (TPSA) is 38.8 Å². The van der Waals surface area contributed by atoms with Gasteiger partial charge in [0.1, 0.15) is 5.60 Å². The van der Waals surface area contributed by atoms with Crippen LogP contribution in [0.4, 0.5) is 4.79 Å². The molecule has 0 aromatic heterocycles. The number of hydrogen-bond donors (Lipinski definition) is 0. The lowest BCUT2D eigenvalue weighted by molar-refractivity contribution is -0.0564. The minimum atomic E-state index is -0.533. The van der Waals surface area contributed by atoms with Crippen molar-refractivity contribution in [1.82, 2.24) is 5.06 Å². The van der Waals surface area contributed by atoms with Crippen LogP contribution in [0, 0.1) is 0 Å². The van der Waals surface area contributed by atoms with Crippen LogP contribution in [-0.2, 0) is 4.74 Å². The number of nitrogens with zero attached hydrogens (tertiary/aromatic N) is 1. The third-order valence-electron chi connectivity index (χ3n) is 1.71. The first-order valence-electron chi connectivity index (χ1n) is 5.18. The summed E-state index contributed by atoms with van der Waals surface area (Å²) in [4.78, 5) is 16.9. The molecule has 0 saturated heterocycles. The molecular formula is C12H16BrNO3. The third-order valence-corrected chi connectivity index (χ3v) is 2.24. The maximum absolute atomic E-state index is 11.6. The van der Waals surface area contributed by atoms with Crippen LogP contribution < -0.4 is 4.84 Å². The molecule has 0 heterocycles. The molecule has 0 atom stereocenters. The number of carbonyl (C=O) groups excluding carboxylic acids is 1. The quantitative estimate of drug-likeness (QED) is 0.783. The van der Waals surface area contributed by atoms with E-state index in [9.17, 15) is 4.79 Å². The largest absolute Gasteiger partial charge is 0.443 e. The molecule has 0 radical (unpaired) electrons. The van der Waals surface area contributed by atoms with Gasteiger partial charge in [-0.3, -0.25) is 0 Å². The highest BCUT2D eigenvalue weighted by molar-refractivity contribution is 9.10. The van der Waals surface area contributed by atoms with Crippen molar-refractivity contribution in [2.45, 2.75) is 26.4 Å². The van der Waals surface area contributed by atoms with Gasteiger partial charge >= 0.3 is 6.09 Å². The summed E-state index contributed by atoms with van der Waals surface area (Å²) < 4.78 is 6.10. The van der Waals surface area contributed by atoms with E-state index in [4.69, 9.17) is 9.57 Å². The Morgan fingerprint density at radius 1 is 1.24 bits per heavy atom. The summed E-state index contributed by atoms with van der Waals surface area (Å²) in [6, 6.07) is 7.17. The number of ether oxygens (including phenoxy) is 1. The van der Waals surface area contributed by atoms with Crippen LogP contribution in [0.1, 0.15) is 20.8 Å². The molecule has 0 aliphatic heterocycles. The number of hydrogen-bond acceptors (Lipinski definition) is 3. The van der Waals surface area contributed by atoms with Gasteiger partial charge in [0.05, 0.1) is 7.05 Å². The second kappa shape index (κ2) is 5.40. The van der Waals surface area contributed by atoms with E-state index >= 15 is 0 Å². The van der Waals surface area contributed by atoms with Crippen LogP contribution in [0.15, 0.2) is 28.7 Å². The Balaban J connectivity index is 2.57. The summed E-state index contributed by atoms with van der Waals surface area (Å²) in [7, 11) is 1.51. The van der Waals surface area contributed by atoms with Gasteiger partial charge < -0.3 is 9.57 Å². The average molecular weight is 302 g/mol. The van der Waals surface area contributed by atoms with Gasteiger partial charge in [-0.2, -0.15) is 0 Å². The Morgan fingerprint density at radius 2 is 1.76 bits per heavy atom. The molecule has 0 aliphatic carbocycles. The van der Waals surface area contributed by atoms with Crippen molar-refractivity contribution < 1.29 is 14.4 Å². The van der Waals surface area contributed by atoms with Gasteiger partial charge in [-0.15, -0.1) is 5.06 Å². The molecule has 0 unspecified atom stereocenters. The van der Waals surface area contributed by atoms with E-state index in [1.807, 2.05) is 12.1 Å². The molecule has 17 heavy (non-hydrogen) atoms. The van der Waals surface area contributed by atoms with Crippen molar-refractivity contribution in [1.29, 1.82) is 0 Å². The standard InChI is InChI=1S/C12H16BrNO3/c1-12(2,3)16-11(15)14(4)17-10-7-5-9(13)6-8-10/h5-8H,1-4H3. The summed E-state index contributed by atoms with van der Waals surface area (Å²) in [6.07, 6.45) is -0.527. The molecule has 1 aromatic rings. The first-order chi connectivity index (χ1) is 7.78. The van der Waals surface area contributed by atoms with Crippen molar-refractivity contribution in [3.63, 3.8) is 0 Å². The van der Waals surface area contributed by atoms with Crippen molar-refractivity contribution >= 4 is 22.0 Å². The minimum Gasteiger partial charge on any atom is -0.442 e. The van der Waals surface area contributed by atoms with Gasteiger partial charge in [0.25, 0.3) is 0 Å². The van der Waals surface area contributed by atoms with E-state index in [1.54, 1.807) is 32.9 Å². The smallest absolute Gasteiger partial charge is 0.442 e. The van der Waals surface area contributed by atoms with E-state index in [0.717, 1.165) is 9.54 Å². The number of amides is 1. The molecule has 0 N–H and O–H groups in total. The molecule has 0 saturated carbocycles. The Labute approximate surface area is 110 Å². The molecule has 0 spiro atoms. The summed E-state index contributed by atoms with van der Waals surface area (Å²) in [6.45, 7) is 5.41. The third kappa shape index (κ3) is 5.08. The average Bonchev–Trinajstić information content (AvgIpc) is 2.19. The van der Waals surface area contributed by atoms with Crippen molar-refractivity contribution in [3.8, 4) is 5.75 Å². The van der Waals surface area contributed by atoms with Crippen LogP contribution in [0.2, 0.25) is 0 Å². The zero-order valence-electron chi connectivity index (χ0n) is 10.4. The first kappa shape index (κ1) is 13.8. The van der Waals surface area contributed by atoms with Crippen LogP contribution in [0.5, 0.6) is 5.75 Å². The summed E-state index contributed by atoms with van der Waals surface area (Å²) in [5.74, 6) is 0.571. The fourth-order valence-electron chi connectivity index (χ4n) is 1.02. The van der Waals surface area contributed by atoms with Gasteiger partial charge in [-0.05, 0) is 45.0 Å². The minimum absolute atomic E-state index is 0.527. The van der Waals surface area contributed by atoms with Crippen LogP contribution in [0.25, 0.3) is 0 Å². The summed E-state index contributed by atoms with van der Waals surface area (Å²) >= 11 is 3.32. The summed E-state index contributed by atoms with van der Waals surface area (Å²) in [5.41, 5.74) is -0.533. The molecule has 0 bridgehead atoms. The number of carbonyl (C=O) groups is 1. The lowest BCUT2D eigenvalue weighted by Crippen LogP contribution is -2.36. The molecule has 1 rings (SSSR count). The predicted molar refractivity (Wildman–Crippen MR) is 68.8 cm³/mol. The second-order valence-corrected chi connectivity index (χ2v) is 5.44. The van der Waals surface area contributed by atoms with Crippen molar-refractivity contribution in [3.05, 3.63) is 28.7 Å². The summed E-state index contributed by atoms with van der Waals surface area (Å²) in [5, 5.41) is 1.06. The zero-order chi connectivity index (χ0) is 13.1. The van der Waals surface area contributed by atoms with Crippen molar-refractivity contribution in [2.75, 3.05) is 7.05 Å². The molecule has 0 fully saturated rings. The monoisotopic (exact) mass is 301 g/mol. The highest BCUT2D eigenvalue weighted by Gasteiger charge is 2.20. The lowest BCUT2D eigenvalue weighted by Gasteiger charge is -2.24. The van der Waals surface area contributed by atoms with Crippen LogP contribution >= 0.6 is 15.9 Å². The van der Waals surface area contributed by atoms with Crippen LogP contribution in [0.3, 0.4) is 0 Å². The number of hydroxylamine groups is 2. The Bertz CT molecular complexity index is 384. The predicted octanol–water partition coefficient (Wildman–Crippen LogP) is 3.61. The highest BCUT2D eigenvalue weighted by atomic mass is 79.9. The van der Waals surface area contributed by atoms with E-state index in [2.05, 4.69) is 15.9 Å². The maximum atomic E-state index is 11.6. The second-order valence-electron chi connectivity index (χ2n) is 4.52. The normalized spacial score (nSPS) is 10.9. The van der Waals surface area contributed by atoms with E-state index in [-0.39, 0.29) is 0 Å². The SMILES string of the molecule is CN(Oc1ccc(Br)cc1)C(=O)OC(C)(C)C. The molecule has 0 aliphatic rings. The molecule has 1 aromatic carbocycles. The Morgan fingerprint density at radius 3 is 2.24 bits per heavy atom. The Kier molecular flexibility index (Phi) is 4.40. The van der Waals surface area contributed by atoms with E-state index in [1.165, 1.54) is 7.05 Å². The fourth-order valence-corrected chi connectivity index (χ4v) is 1.28. The fraction of sp³-hybridized carbons (Fsp3) is 0.417. The number of benzene rings is 1. The molecule has 94 valence electrons. The van der Waals surface area contributed by atoms with Gasteiger partial charge in [-0.1, -0.05) is 15.9 Å². The van der Waals surface area contributed by atoms with Gasteiger partial charge in [-0.25, -0.2) is 4.79 Å². The number of rotatable bonds is 2. The van der Waals surface area contributed by atoms with Crippen molar-refractivity contribution in [2.24, 2.45) is 0 Å². The lowest BCUT2D eigenvalue weighted by atomic mass is 10.2. The van der Waals surface area contributed by atoms with Crippen LogP contribution in [-0.4, -0.2) is 23.8 Å². The first-order valence-corrected chi connectivity index (χ1v) is 5.97. The molecule has 5 heteroatoms. The highest BCUT2D eigenvalue weighted by Crippen LogP contribution is 2.17. The molecule has 1 amide bonds.